The fourth-order valence-corrected chi connectivity index (χ4v) is 1.70. The monoisotopic (exact) mass is 433 g/mol. The van der Waals surface area contributed by atoms with E-state index in [0.717, 1.165) is 17.7 Å². The van der Waals surface area contributed by atoms with Crippen LogP contribution in [0.3, 0.4) is 0 Å². The van der Waals surface area contributed by atoms with Gasteiger partial charge in [-0.15, -0.1) is 24.0 Å². The third kappa shape index (κ3) is 9.27. The van der Waals surface area contributed by atoms with Crippen molar-refractivity contribution in [2.75, 3.05) is 5.32 Å². The van der Waals surface area contributed by atoms with Crippen LogP contribution in [0.15, 0.2) is 29.3 Å². The number of amides is 2. The molecular formula is C16H28IN5O. The molecule has 0 radical (unpaired) electrons. The highest BCUT2D eigenvalue weighted by molar-refractivity contribution is 14.0. The van der Waals surface area contributed by atoms with Crippen LogP contribution >= 0.6 is 24.0 Å². The first-order valence-corrected chi connectivity index (χ1v) is 7.63. The molecule has 7 heteroatoms. The molecule has 130 valence electrons. The van der Waals surface area contributed by atoms with Crippen molar-refractivity contribution < 1.29 is 4.79 Å². The number of carbonyl (C=O) groups excluding carboxylic acids is 1. The molecular weight excluding hydrogens is 405 g/mol. The van der Waals surface area contributed by atoms with Crippen LogP contribution in [0.1, 0.15) is 39.7 Å². The SMILES string of the molecule is CCC(C)NC(N)=NCc1ccc(NC(=O)NC(C)C)cc1.I. The normalized spacial score (nSPS) is 12.3. The summed E-state index contributed by atoms with van der Waals surface area (Å²) in [4.78, 5) is 15.9. The molecule has 5 N–H and O–H groups in total. The summed E-state index contributed by atoms with van der Waals surface area (Å²) in [6, 6.07) is 7.76. The third-order valence-corrected chi connectivity index (χ3v) is 3.07. The van der Waals surface area contributed by atoms with Gasteiger partial charge in [-0.2, -0.15) is 0 Å². The Kier molecular flexibility index (Phi) is 10.4. The molecule has 2 amide bonds. The molecule has 1 aromatic carbocycles. The average molecular weight is 433 g/mol. The minimum absolute atomic E-state index is 0. The molecule has 0 heterocycles. The van der Waals surface area contributed by atoms with Gasteiger partial charge < -0.3 is 21.7 Å². The second-order valence-electron chi connectivity index (χ2n) is 5.61. The molecule has 6 nitrogen and oxygen atoms in total. The highest BCUT2D eigenvalue weighted by atomic mass is 127. The van der Waals surface area contributed by atoms with Crippen molar-refractivity contribution in [2.45, 2.75) is 52.7 Å². The first kappa shape index (κ1) is 21.5. The van der Waals surface area contributed by atoms with Gasteiger partial charge >= 0.3 is 6.03 Å². The van der Waals surface area contributed by atoms with E-state index in [2.05, 4.69) is 34.8 Å². The van der Waals surface area contributed by atoms with Crippen LogP contribution in [0.5, 0.6) is 0 Å². The third-order valence-electron chi connectivity index (χ3n) is 3.07. The first-order chi connectivity index (χ1) is 10.4. The van der Waals surface area contributed by atoms with Crippen molar-refractivity contribution in [3.05, 3.63) is 29.8 Å². The maximum Gasteiger partial charge on any atom is 0.319 e. The summed E-state index contributed by atoms with van der Waals surface area (Å²) >= 11 is 0. The number of rotatable bonds is 6. The Hall–Kier alpha value is -1.51. The molecule has 1 atom stereocenters. The predicted molar refractivity (Wildman–Crippen MR) is 107 cm³/mol. The molecule has 1 unspecified atom stereocenters. The summed E-state index contributed by atoms with van der Waals surface area (Å²) in [7, 11) is 0. The van der Waals surface area contributed by atoms with Crippen LogP contribution in [0, 0.1) is 0 Å². The largest absolute Gasteiger partial charge is 0.370 e. The van der Waals surface area contributed by atoms with Crippen molar-refractivity contribution in [1.29, 1.82) is 0 Å². The van der Waals surface area contributed by atoms with Gasteiger partial charge in [0.05, 0.1) is 6.54 Å². The lowest BCUT2D eigenvalue weighted by Gasteiger charge is -2.12. The van der Waals surface area contributed by atoms with E-state index in [4.69, 9.17) is 5.73 Å². The van der Waals surface area contributed by atoms with Gasteiger partial charge in [-0.05, 0) is 44.9 Å². The number of hydrogen-bond acceptors (Lipinski definition) is 2. The zero-order valence-corrected chi connectivity index (χ0v) is 16.5. The molecule has 0 aliphatic carbocycles. The van der Waals surface area contributed by atoms with E-state index in [-0.39, 0.29) is 36.0 Å². The maximum atomic E-state index is 11.6. The number of nitrogens with two attached hydrogens (primary N) is 1. The lowest BCUT2D eigenvalue weighted by atomic mass is 10.2. The second kappa shape index (κ2) is 11.1. The number of carbonyl (C=O) groups is 1. The number of nitrogens with zero attached hydrogens (tertiary/aromatic N) is 1. The molecule has 0 aromatic heterocycles. The van der Waals surface area contributed by atoms with E-state index in [9.17, 15) is 4.79 Å². The lowest BCUT2D eigenvalue weighted by molar-refractivity contribution is 0.250. The fraction of sp³-hybridized carbons (Fsp3) is 0.500. The van der Waals surface area contributed by atoms with Crippen molar-refractivity contribution in [3.8, 4) is 0 Å². The Bertz CT molecular complexity index is 502. The fourth-order valence-electron chi connectivity index (χ4n) is 1.70. The zero-order valence-electron chi connectivity index (χ0n) is 14.2. The summed E-state index contributed by atoms with van der Waals surface area (Å²) < 4.78 is 0. The topological polar surface area (TPSA) is 91.5 Å². The van der Waals surface area contributed by atoms with Gasteiger partial charge in [0.25, 0.3) is 0 Å². The first-order valence-electron chi connectivity index (χ1n) is 7.63. The minimum atomic E-state index is -0.206. The van der Waals surface area contributed by atoms with Gasteiger partial charge in [-0.3, -0.25) is 0 Å². The number of hydrogen-bond donors (Lipinski definition) is 4. The van der Waals surface area contributed by atoms with E-state index in [0.29, 0.717) is 18.5 Å². The van der Waals surface area contributed by atoms with E-state index in [1.165, 1.54) is 0 Å². The van der Waals surface area contributed by atoms with Gasteiger partial charge in [0, 0.05) is 17.8 Å². The standard InChI is InChI=1S/C16H27N5O.HI/c1-5-12(4)20-15(17)18-10-13-6-8-14(9-7-13)21-16(22)19-11(2)3;/h6-9,11-12H,5,10H2,1-4H3,(H3,17,18,20)(H2,19,21,22);1H. The van der Waals surface area contributed by atoms with Crippen LogP contribution in [-0.2, 0) is 6.54 Å². The smallest absolute Gasteiger partial charge is 0.319 e. The van der Waals surface area contributed by atoms with Gasteiger partial charge in [-0.1, -0.05) is 19.1 Å². The number of guanidine groups is 1. The number of aliphatic imine (C=N–C) groups is 1. The predicted octanol–water partition coefficient (Wildman–Crippen LogP) is 3.04. The van der Waals surface area contributed by atoms with Crippen LogP contribution < -0.4 is 21.7 Å². The molecule has 0 bridgehead atoms. The second-order valence-corrected chi connectivity index (χ2v) is 5.61. The number of benzene rings is 1. The van der Waals surface area contributed by atoms with E-state index in [1.807, 2.05) is 38.1 Å². The Labute approximate surface area is 155 Å². The average Bonchev–Trinajstić information content (AvgIpc) is 2.45. The quantitative estimate of drug-likeness (QED) is 0.316. The van der Waals surface area contributed by atoms with Crippen molar-refractivity contribution >= 4 is 41.7 Å². The van der Waals surface area contributed by atoms with Crippen LogP contribution in [-0.4, -0.2) is 24.1 Å². The molecule has 0 saturated carbocycles. The lowest BCUT2D eigenvalue weighted by Crippen LogP contribution is -2.38. The van der Waals surface area contributed by atoms with Gasteiger partial charge in [0.15, 0.2) is 5.96 Å². The molecule has 23 heavy (non-hydrogen) atoms. The Balaban J connectivity index is 0.00000484. The van der Waals surface area contributed by atoms with Gasteiger partial charge in [-0.25, -0.2) is 9.79 Å². The molecule has 1 aromatic rings. The molecule has 1 rings (SSSR count). The van der Waals surface area contributed by atoms with E-state index >= 15 is 0 Å². The minimum Gasteiger partial charge on any atom is -0.370 e. The van der Waals surface area contributed by atoms with Crippen LogP contribution in [0.25, 0.3) is 0 Å². The highest BCUT2D eigenvalue weighted by Crippen LogP contribution is 2.10. The summed E-state index contributed by atoms with van der Waals surface area (Å²) in [5.41, 5.74) is 7.59. The zero-order chi connectivity index (χ0) is 16.5. The summed E-state index contributed by atoms with van der Waals surface area (Å²) in [5.74, 6) is 0.452. The molecule has 0 fully saturated rings. The molecule has 0 saturated heterocycles. The summed E-state index contributed by atoms with van der Waals surface area (Å²) in [6.07, 6.45) is 0.995. The van der Waals surface area contributed by atoms with Crippen molar-refractivity contribution in [2.24, 2.45) is 10.7 Å². The number of anilines is 1. The maximum absolute atomic E-state index is 11.6. The Morgan fingerprint density at radius 3 is 2.30 bits per heavy atom. The molecule has 0 aliphatic heterocycles. The van der Waals surface area contributed by atoms with Crippen molar-refractivity contribution in [3.63, 3.8) is 0 Å². The van der Waals surface area contributed by atoms with E-state index < -0.39 is 0 Å². The van der Waals surface area contributed by atoms with Gasteiger partial charge in [0.1, 0.15) is 0 Å². The summed E-state index contributed by atoms with van der Waals surface area (Å²) in [5, 5.41) is 8.67. The Morgan fingerprint density at radius 2 is 1.78 bits per heavy atom. The molecule has 0 spiro atoms. The number of halogens is 1. The number of nitrogens with one attached hydrogen (secondary N) is 3. The number of urea groups is 1. The van der Waals surface area contributed by atoms with Crippen molar-refractivity contribution in [1.82, 2.24) is 10.6 Å². The Morgan fingerprint density at radius 1 is 1.17 bits per heavy atom. The van der Waals surface area contributed by atoms with Gasteiger partial charge in [0.2, 0.25) is 0 Å². The van der Waals surface area contributed by atoms with E-state index in [1.54, 1.807) is 0 Å². The van der Waals surface area contributed by atoms with Crippen LogP contribution in [0.2, 0.25) is 0 Å². The molecule has 0 aliphatic rings. The highest BCUT2D eigenvalue weighted by Gasteiger charge is 2.03. The summed E-state index contributed by atoms with van der Waals surface area (Å²) in [6.45, 7) is 8.49. The van der Waals surface area contributed by atoms with Crippen LogP contribution in [0.4, 0.5) is 10.5 Å².